The molecule has 1 aliphatic heterocycles. The molecule has 1 aromatic rings. The van der Waals surface area contributed by atoms with E-state index >= 15 is 0 Å². The van der Waals surface area contributed by atoms with Gasteiger partial charge in [0.2, 0.25) is 0 Å². The second-order valence-corrected chi connectivity index (χ2v) is 4.30. The molecule has 1 aliphatic rings. The van der Waals surface area contributed by atoms with Gasteiger partial charge in [-0.25, -0.2) is 0 Å². The van der Waals surface area contributed by atoms with Crippen LogP contribution in [0.2, 0.25) is 0 Å². The number of thiophene rings is 1. The van der Waals surface area contributed by atoms with Crippen LogP contribution in [0.25, 0.3) is 0 Å². The first-order valence-corrected chi connectivity index (χ1v) is 5.38. The first-order chi connectivity index (χ1) is 5.86. The van der Waals surface area contributed by atoms with Crippen LogP contribution in [0, 0.1) is 0 Å². The standard InChI is InChI=1S/C8H8N2S2/c9-8-10-6(3-5-12-8)7-2-1-4-11-7/h1-5,8H,9H2. The van der Waals surface area contributed by atoms with Crippen LogP contribution in [-0.4, -0.2) is 11.2 Å². The number of thioether (sulfide) groups is 1. The van der Waals surface area contributed by atoms with Gasteiger partial charge < -0.3 is 5.73 Å². The van der Waals surface area contributed by atoms with E-state index in [2.05, 4.69) is 11.1 Å². The zero-order chi connectivity index (χ0) is 8.39. The van der Waals surface area contributed by atoms with Crippen LogP contribution in [0.4, 0.5) is 0 Å². The van der Waals surface area contributed by atoms with Crippen molar-refractivity contribution in [1.82, 2.24) is 0 Å². The largest absolute Gasteiger partial charge is 0.301 e. The molecule has 2 N–H and O–H groups in total. The zero-order valence-electron chi connectivity index (χ0n) is 6.31. The summed E-state index contributed by atoms with van der Waals surface area (Å²) in [6.07, 6.45) is 2.00. The van der Waals surface area contributed by atoms with Crippen molar-refractivity contribution in [3.05, 3.63) is 33.9 Å². The fraction of sp³-hybridized carbons (Fsp3) is 0.125. The minimum Gasteiger partial charge on any atom is -0.301 e. The fourth-order valence-electron chi connectivity index (χ4n) is 0.965. The van der Waals surface area contributed by atoms with Crippen molar-refractivity contribution < 1.29 is 0 Å². The quantitative estimate of drug-likeness (QED) is 0.746. The Bertz CT molecular complexity index is 314. The number of nitrogens with zero attached hydrogens (tertiary/aromatic N) is 1. The van der Waals surface area contributed by atoms with Crippen molar-refractivity contribution in [3.8, 4) is 0 Å². The molecule has 0 amide bonds. The summed E-state index contributed by atoms with van der Waals surface area (Å²) in [4.78, 5) is 5.49. The summed E-state index contributed by atoms with van der Waals surface area (Å²) >= 11 is 3.22. The Morgan fingerprint density at radius 3 is 3.08 bits per heavy atom. The van der Waals surface area contributed by atoms with Crippen molar-refractivity contribution in [2.75, 3.05) is 0 Å². The summed E-state index contributed by atoms with van der Waals surface area (Å²) in [7, 11) is 0. The molecule has 0 aromatic carbocycles. The van der Waals surface area contributed by atoms with Gasteiger partial charge in [-0.3, -0.25) is 4.99 Å². The number of rotatable bonds is 1. The Hall–Kier alpha value is -0.580. The van der Waals surface area contributed by atoms with E-state index in [1.165, 1.54) is 16.6 Å². The second-order valence-electron chi connectivity index (χ2n) is 2.32. The highest BCUT2D eigenvalue weighted by Gasteiger charge is 2.08. The van der Waals surface area contributed by atoms with Crippen LogP contribution in [0.3, 0.4) is 0 Å². The first-order valence-electron chi connectivity index (χ1n) is 3.55. The molecule has 2 nitrogen and oxygen atoms in total. The lowest BCUT2D eigenvalue weighted by molar-refractivity contribution is 0.992. The molecule has 0 saturated carbocycles. The van der Waals surface area contributed by atoms with Gasteiger partial charge in [-0.15, -0.1) is 11.3 Å². The molecule has 4 heteroatoms. The first kappa shape index (κ1) is 8.04. The van der Waals surface area contributed by atoms with E-state index in [-0.39, 0.29) is 5.50 Å². The molecule has 62 valence electrons. The third-order valence-corrected chi connectivity index (χ3v) is 3.05. The normalized spacial score (nSPS) is 22.4. The molecule has 2 rings (SSSR count). The van der Waals surface area contributed by atoms with Crippen molar-refractivity contribution in [2.45, 2.75) is 5.50 Å². The Morgan fingerprint density at radius 1 is 1.50 bits per heavy atom. The number of aliphatic imine (C=N–C) groups is 1. The summed E-state index contributed by atoms with van der Waals surface area (Å²) in [5.74, 6) is 0. The van der Waals surface area contributed by atoms with Crippen molar-refractivity contribution in [3.63, 3.8) is 0 Å². The average molecular weight is 196 g/mol. The van der Waals surface area contributed by atoms with Crippen LogP contribution in [-0.2, 0) is 0 Å². The van der Waals surface area contributed by atoms with Gasteiger partial charge in [0, 0.05) is 0 Å². The topological polar surface area (TPSA) is 38.4 Å². The highest BCUT2D eigenvalue weighted by Crippen LogP contribution is 2.19. The molecule has 2 heterocycles. The van der Waals surface area contributed by atoms with E-state index in [1.807, 2.05) is 22.9 Å². The molecule has 0 bridgehead atoms. The summed E-state index contributed by atoms with van der Waals surface area (Å²) in [6, 6.07) is 4.07. The minimum atomic E-state index is -0.132. The zero-order valence-corrected chi connectivity index (χ0v) is 7.94. The molecule has 0 spiro atoms. The van der Waals surface area contributed by atoms with Gasteiger partial charge in [-0.1, -0.05) is 17.8 Å². The summed E-state index contributed by atoms with van der Waals surface area (Å²) in [6.45, 7) is 0. The van der Waals surface area contributed by atoms with Crippen molar-refractivity contribution in [1.29, 1.82) is 0 Å². The van der Waals surface area contributed by atoms with Crippen LogP contribution in [0.5, 0.6) is 0 Å². The monoisotopic (exact) mass is 196 g/mol. The SMILES string of the molecule is NC1N=C(c2cccs2)C=CS1. The predicted molar refractivity (Wildman–Crippen MR) is 55.6 cm³/mol. The number of nitrogens with two attached hydrogens (primary N) is 1. The molecule has 1 unspecified atom stereocenters. The van der Waals surface area contributed by atoms with E-state index in [0.717, 1.165) is 5.71 Å². The minimum absolute atomic E-state index is 0.132. The van der Waals surface area contributed by atoms with Gasteiger partial charge >= 0.3 is 0 Å². The maximum atomic E-state index is 5.66. The molecule has 12 heavy (non-hydrogen) atoms. The summed E-state index contributed by atoms with van der Waals surface area (Å²) in [5.41, 5.74) is 6.52. The lowest BCUT2D eigenvalue weighted by Gasteiger charge is -2.09. The summed E-state index contributed by atoms with van der Waals surface area (Å²) in [5, 5.41) is 4.03. The molecule has 0 aliphatic carbocycles. The Kier molecular flexibility index (Phi) is 2.30. The lowest BCUT2D eigenvalue weighted by atomic mass is 10.3. The molecule has 0 saturated heterocycles. The molecule has 1 atom stereocenters. The highest BCUT2D eigenvalue weighted by atomic mass is 32.2. The van der Waals surface area contributed by atoms with Gasteiger partial charge in [0.05, 0.1) is 10.6 Å². The second kappa shape index (κ2) is 3.43. The number of hydrogen-bond donors (Lipinski definition) is 1. The maximum Gasteiger partial charge on any atom is 0.149 e. The van der Waals surface area contributed by atoms with E-state index in [0.29, 0.717) is 0 Å². The molecular formula is C8H8N2S2. The number of allylic oxidation sites excluding steroid dienone is 1. The van der Waals surface area contributed by atoms with Crippen LogP contribution < -0.4 is 5.73 Å². The highest BCUT2D eigenvalue weighted by molar-refractivity contribution is 8.02. The van der Waals surface area contributed by atoms with Crippen LogP contribution in [0.15, 0.2) is 34.0 Å². The predicted octanol–water partition coefficient (Wildman–Crippen LogP) is 2.04. The van der Waals surface area contributed by atoms with E-state index in [9.17, 15) is 0 Å². The van der Waals surface area contributed by atoms with E-state index in [1.54, 1.807) is 11.3 Å². The maximum absolute atomic E-state index is 5.66. The summed E-state index contributed by atoms with van der Waals surface area (Å²) < 4.78 is 0. The van der Waals surface area contributed by atoms with Gasteiger partial charge in [-0.2, -0.15) is 0 Å². The van der Waals surface area contributed by atoms with Gasteiger partial charge in [0.15, 0.2) is 0 Å². The van der Waals surface area contributed by atoms with Crippen LogP contribution >= 0.6 is 23.1 Å². The number of hydrogen-bond acceptors (Lipinski definition) is 4. The third-order valence-electron chi connectivity index (χ3n) is 1.48. The van der Waals surface area contributed by atoms with Crippen LogP contribution in [0.1, 0.15) is 4.88 Å². The van der Waals surface area contributed by atoms with Crippen molar-refractivity contribution in [2.24, 2.45) is 10.7 Å². The average Bonchev–Trinajstić information content (AvgIpc) is 2.56. The van der Waals surface area contributed by atoms with Gasteiger partial charge in [0.25, 0.3) is 0 Å². The van der Waals surface area contributed by atoms with Gasteiger partial charge in [0.1, 0.15) is 5.50 Å². The van der Waals surface area contributed by atoms with Crippen molar-refractivity contribution >= 4 is 28.8 Å². The molecule has 0 fully saturated rings. The Labute approximate surface area is 79.2 Å². The van der Waals surface area contributed by atoms with E-state index in [4.69, 9.17) is 5.73 Å². The Morgan fingerprint density at radius 2 is 2.42 bits per heavy atom. The Balaban J connectivity index is 2.30. The van der Waals surface area contributed by atoms with E-state index < -0.39 is 0 Å². The molecular weight excluding hydrogens is 188 g/mol. The van der Waals surface area contributed by atoms with Gasteiger partial charge in [-0.05, 0) is 22.9 Å². The lowest BCUT2D eigenvalue weighted by Crippen LogP contribution is -2.16. The molecule has 1 aromatic heterocycles. The third kappa shape index (κ3) is 1.60. The fourth-order valence-corrected chi connectivity index (χ4v) is 2.21. The molecule has 0 radical (unpaired) electrons. The smallest absolute Gasteiger partial charge is 0.149 e.